The molecular formula is C25H34N8O5. The van der Waals surface area contributed by atoms with E-state index in [9.17, 15) is 20.1 Å². The van der Waals surface area contributed by atoms with Gasteiger partial charge >= 0.3 is 5.97 Å². The maximum atomic E-state index is 11.3. The summed E-state index contributed by atoms with van der Waals surface area (Å²) >= 11 is 0. The molecule has 0 spiro atoms. The van der Waals surface area contributed by atoms with Crippen LogP contribution in [-0.2, 0) is 16.1 Å². The minimum absolute atomic E-state index is 0.209. The maximum Gasteiger partial charge on any atom is 0.320 e. The van der Waals surface area contributed by atoms with Gasteiger partial charge in [0.2, 0.25) is 0 Å². The van der Waals surface area contributed by atoms with Crippen molar-refractivity contribution in [2.24, 2.45) is 11.7 Å². The highest BCUT2D eigenvalue weighted by molar-refractivity contribution is 5.81. The maximum absolute atomic E-state index is 11.3. The number of aromatic nitrogens is 4. The van der Waals surface area contributed by atoms with Crippen molar-refractivity contribution >= 4 is 23.0 Å². The molecule has 0 aliphatic carbocycles. The van der Waals surface area contributed by atoms with Crippen molar-refractivity contribution in [3.63, 3.8) is 0 Å². The van der Waals surface area contributed by atoms with E-state index in [1.54, 1.807) is 4.57 Å². The van der Waals surface area contributed by atoms with Crippen molar-refractivity contribution in [1.29, 1.82) is 0 Å². The van der Waals surface area contributed by atoms with Crippen LogP contribution in [0.4, 0.5) is 5.82 Å². The number of nitrogen functional groups attached to an aromatic ring is 1. The summed E-state index contributed by atoms with van der Waals surface area (Å²) in [5, 5.41) is 30.9. The number of nitrogens with two attached hydrogens (primary N) is 2. The number of aliphatic carboxylic acids is 1. The number of aliphatic hydroxyl groups is 2. The largest absolute Gasteiger partial charge is 0.480 e. The van der Waals surface area contributed by atoms with Crippen LogP contribution in [0.3, 0.4) is 0 Å². The van der Waals surface area contributed by atoms with E-state index < -0.39 is 36.6 Å². The highest BCUT2D eigenvalue weighted by Crippen LogP contribution is 2.33. The first kappa shape index (κ1) is 26.4. The molecule has 13 nitrogen and oxygen atoms in total. The summed E-state index contributed by atoms with van der Waals surface area (Å²) in [6.45, 7) is 4.14. The predicted molar refractivity (Wildman–Crippen MR) is 138 cm³/mol. The number of anilines is 1. The number of hydrogen-bond donors (Lipinski definition) is 5. The first-order chi connectivity index (χ1) is 18.3. The van der Waals surface area contributed by atoms with Crippen LogP contribution < -0.4 is 11.5 Å². The lowest BCUT2D eigenvalue weighted by molar-refractivity contribution is -0.138. The number of hydrogen-bond acceptors (Lipinski definition) is 11. The Balaban J connectivity index is 1.23. The lowest BCUT2D eigenvalue weighted by Crippen LogP contribution is -2.52. The number of rotatable bonds is 11. The molecule has 2 fully saturated rings. The number of likely N-dealkylation sites (tertiary alicyclic amines) is 1. The first-order valence-corrected chi connectivity index (χ1v) is 12.7. The van der Waals surface area contributed by atoms with Gasteiger partial charge in [-0.25, -0.2) is 15.0 Å². The third kappa shape index (κ3) is 5.62. The number of nitrogens with zero attached hydrogens (tertiary/aromatic N) is 6. The van der Waals surface area contributed by atoms with Gasteiger partial charge in [-0.15, -0.1) is 0 Å². The molecule has 0 saturated carbocycles. The van der Waals surface area contributed by atoms with Crippen LogP contribution in [0, 0.1) is 5.92 Å². The molecule has 5 atom stereocenters. The number of ether oxygens (including phenoxy) is 1. The Morgan fingerprint density at radius 1 is 1.13 bits per heavy atom. The van der Waals surface area contributed by atoms with Crippen LogP contribution in [0.1, 0.15) is 18.2 Å². The van der Waals surface area contributed by atoms with Gasteiger partial charge in [-0.3, -0.25) is 14.3 Å². The molecule has 2 saturated heterocycles. The van der Waals surface area contributed by atoms with E-state index in [1.165, 1.54) is 18.2 Å². The SMILES string of the molecule is Nc1ncnc2c1ncn2[C@@H]1O[C@H](CN(CC[C@H](N)C(=O)O)CC2CN(Cc3ccccc3)C2)[C@@H](O)[C@H]1O. The molecule has 1 aromatic carbocycles. The van der Waals surface area contributed by atoms with Gasteiger partial charge in [0.25, 0.3) is 0 Å². The van der Waals surface area contributed by atoms with Gasteiger partial charge < -0.3 is 36.4 Å². The predicted octanol–water partition coefficient (Wildman–Crippen LogP) is -0.736. The summed E-state index contributed by atoms with van der Waals surface area (Å²) in [4.78, 5) is 28.1. The zero-order chi connectivity index (χ0) is 26.8. The highest BCUT2D eigenvalue weighted by Gasteiger charge is 2.45. The Morgan fingerprint density at radius 3 is 2.63 bits per heavy atom. The monoisotopic (exact) mass is 526 g/mol. The molecule has 2 aliphatic rings. The Kier molecular flexibility index (Phi) is 7.83. The standard InChI is InChI=1S/C25H34N8O5/c26-17(25(36)37)6-7-31(9-16-10-32(11-16)8-15-4-2-1-3-5-15)12-18-20(34)21(35)24(38-18)33-14-30-19-22(27)28-13-29-23(19)33/h1-5,13-14,16-18,20-21,24,34-35H,6-12,26H2,(H,36,37)(H2,27,28,29)/t17-,18+,20+,21+,24+/m0/s1. The fourth-order valence-electron chi connectivity index (χ4n) is 5.25. The number of carboxylic acid groups (broad SMARTS) is 1. The summed E-state index contributed by atoms with van der Waals surface area (Å²) in [6.07, 6.45) is -0.996. The zero-order valence-corrected chi connectivity index (χ0v) is 21.0. The fraction of sp³-hybridized carbons (Fsp3) is 0.520. The van der Waals surface area contributed by atoms with Crippen LogP contribution in [0.5, 0.6) is 0 Å². The van der Waals surface area contributed by atoms with Crippen LogP contribution >= 0.6 is 0 Å². The van der Waals surface area contributed by atoms with Crippen molar-refractivity contribution in [3.05, 3.63) is 48.5 Å². The Hall–Kier alpha value is -3.20. The molecule has 0 amide bonds. The topological polar surface area (TPSA) is 189 Å². The van der Waals surface area contributed by atoms with Crippen molar-refractivity contribution in [3.8, 4) is 0 Å². The molecule has 4 heterocycles. The molecule has 0 bridgehead atoms. The van der Waals surface area contributed by atoms with Crippen LogP contribution in [-0.4, -0.2) is 108 Å². The third-order valence-electron chi connectivity index (χ3n) is 7.31. The quantitative estimate of drug-likeness (QED) is 0.211. The average Bonchev–Trinajstić information content (AvgIpc) is 3.43. The van der Waals surface area contributed by atoms with Gasteiger partial charge in [-0.2, -0.15) is 0 Å². The summed E-state index contributed by atoms with van der Waals surface area (Å²) in [5.41, 5.74) is 13.7. The van der Waals surface area contributed by atoms with Crippen molar-refractivity contribution < 1.29 is 24.9 Å². The van der Waals surface area contributed by atoms with Gasteiger partial charge in [0.1, 0.15) is 36.2 Å². The summed E-state index contributed by atoms with van der Waals surface area (Å²) in [6, 6.07) is 9.30. The summed E-state index contributed by atoms with van der Waals surface area (Å²) in [5.74, 6) is -0.457. The number of fused-ring (bicyclic) bond motifs is 1. The molecule has 13 heteroatoms. The molecular weight excluding hydrogens is 492 g/mol. The third-order valence-corrected chi connectivity index (χ3v) is 7.31. The molecule has 5 rings (SSSR count). The Bertz CT molecular complexity index is 1240. The smallest absolute Gasteiger partial charge is 0.320 e. The Morgan fingerprint density at radius 2 is 1.89 bits per heavy atom. The molecule has 0 unspecified atom stereocenters. The number of carbonyl (C=O) groups is 1. The second-order valence-electron chi connectivity index (χ2n) is 10.2. The average molecular weight is 527 g/mol. The second kappa shape index (κ2) is 11.3. The summed E-state index contributed by atoms with van der Waals surface area (Å²) < 4.78 is 7.66. The molecule has 204 valence electrons. The lowest BCUT2D eigenvalue weighted by Gasteiger charge is -2.42. The number of aliphatic hydroxyl groups excluding tert-OH is 2. The highest BCUT2D eigenvalue weighted by atomic mass is 16.6. The Labute approximate surface area is 219 Å². The first-order valence-electron chi connectivity index (χ1n) is 12.7. The van der Waals surface area contributed by atoms with E-state index >= 15 is 0 Å². The van der Waals surface area contributed by atoms with Gasteiger partial charge in [0, 0.05) is 39.3 Å². The molecule has 7 N–H and O–H groups in total. The zero-order valence-electron chi connectivity index (χ0n) is 21.0. The second-order valence-corrected chi connectivity index (χ2v) is 10.2. The van der Waals surface area contributed by atoms with Crippen molar-refractivity contribution in [2.75, 3.05) is 38.5 Å². The van der Waals surface area contributed by atoms with Crippen molar-refractivity contribution in [1.82, 2.24) is 29.3 Å². The molecule has 2 aliphatic heterocycles. The van der Waals surface area contributed by atoms with Crippen LogP contribution in [0.15, 0.2) is 43.0 Å². The van der Waals surface area contributed by atoms with E-state index in [1.807, 2.05) is 18.2 Å². The molecule has 3 aromatic rings. The molecule has 2 aromatic heterocycles. The van der Waals surface area contributed by atoms with Crippen LogP contribution in [0.25, 0.3) is 11.2 Å². The number of carboxylic acids is 1. The minimum atomic E-state index is -1.22. The normalized spacial score (nSPS) is 25.2. The van der Waals surface area contributed by atoms with E-state index in [2.05, 4.69) is 36.9 Å². The van der Waals surface area contributed by atoms with E-state index in [0.717, 1.165) is 19.6 Å². The summed E-state index contributed by atoms with van der Waals surface area (Å²) in [7, 11) is 0. The van der Waals surface area contributed by atoms with Crippen molar-refractivity contribution in [2.45, 2.75) is 43.5 Å². The minimum Gasteiger partial charge on any atom is -0.480 e. The molecule has 38 heavy (non-hydrogen) atoms. The molecule has 0 radical (unpaired) electrons. The van der Waals surface area contributed by atoms with E-state index in [-0.39, 0.29) is 12.2 Å². The van der Waals surface area contributed by atoms with Gasteiger partial charge in [-0.05, 0) is 17.9 Å². The van der Waals surface area contributed by atoms with Gasteiger partial charge in [0.15, 0.2) is 17.7 Å². The van der Waals surface area contributed by atoms with Gasteiger partial charge in [-0.1, -0.05) is 30.3 Å². The fourth-order valence-corrected chi connectivity index (χ4v) is 5.25. The number of imidazole rings is 1. The number of benzene rings is 1. The van der Waals surface area contributed by atoms with E-state index in [4.69, 9.17) is 16.2 Å². The van der Waals surface area contributed by atoms with Gasteiger partial charge in [0.05, 0.1) is 6.33 Å². The van der Waals surface area contributed by atoms with Crippen LogP contribution in [0.2, 0.25) is 0 Å². The van der Waals surface area contributed by atoms with E-state index in [0.29, 0.717) is 36.7 Å². The lowest BCUT2D eigenvalue weighted by atomic mass is 9.97.